The lowest BCUT2D eigenvalue weighted by Crippen LogP contribution is -2.51. The molecule has 1 aliphatic carbocycles. The Kier molecular flexibility index (Phi) is 4.19. The summed E-state index contributed by atoms with van der Waals surface area (Å²) < 4.78 is 0. The molecule has 4 heteroatoms. The molecule has 1 saturated heterocycles. The second-order valence-electron chi connectivity index (χ2n) is 6.69. The highest BCUT2D eigenvalue weighted by Crippen LogP contribution is 2.46. The zero-order chi connectivity index (χ0) is 15.6. The van der Waals surface area contributed by atoms with Crippen molar-refractivity contribution in [2.24, 2.45) is 5.41 Å². The third-order valence-electron chi connectivity index (χ3n) is 5.20. The van der Waals surface area contributed by atoms with Gasteiger partial charge in [-0.1, -0.05) is 36.8 Å². The van der Waals surface area contributed by atoms with Crippen LogP contribution in [-0.4, -0.2) is 34.5 Å². The zero-order valence-electron chi connectivity index (χ0n) is 12.8. The van der Waals surface area contributed by atoms with Crippen LogP contribution < -0.4 is 0 Å². The molecule has 1 aromatic rings. The van der Waals surface area contributed by atoms with Crippen molar-refractivity contribution >= 4 is 11.9 Å². The first kappa shape index (κ1) is 15.1. The molecule has 4 nitrogen and oxygen atoms in total. The molecule has 22 heavy (non-hydrogen) atoms. The summed E-state index contributed by atoms with van der Waals surface area (Å²) >= 11 is 0. The van der Waals surface area contributed by atoms with Crippen LogP contribution in [0.25, 0.3) is 0 Å². The smallest absolute Gasteiger partial charge is 0.305 e. The number of carboxylic acids is 1. The number of carbonyl (C=O) groups excluding carboxylic acids is 1. The van der Waals surface area contributed by atoms with Gasteiger partial charge < -0.3 is 10.0 Å². The van der Waals surface area contributed by atoms with Crippen molar-refractivity contribution in [1.29, 1.82) is 0 Å². The predicted molar refractivity (Wildman–Crippen MR) is 83.4 cm³/mol. The summed E-state index contributed by atoms with van der Waals surface area (Å²) in [6, 6.07) is 10.0. The molecule has 2 aliphatic rings. The molecule has 0 spiro atoms. The molecule has 1 unspecified atom stereocenters. The molecule has 1 aliphatic heterocycles. The SMILES string of the molecule is O=C(O)CC1CCCN1C(=O)C1(Cc2ccccc2)CCC1. The van der Waals surface area contributed by atoms with Crippen LogP contribution in [0.1, 0.15) is 44.1 Å². The van der Waals surface area contributed by atoms with E-state index in [-0.39, 0.29) is 23.8 Å². The second kappa shape index (κ2) is 6.11. The molecular formula is C18H23NO3. The number of likely N-dealkylation sites (tertiary alicyclic amines) is 1. The van der Waals surface area contributed by atoms with Crippen LogP contribution in [0.4, 0.5) is 0 Å². The van der Waals surface area contributed by atoms with Crippen molar-refractivity contribution in [3.05, 3.63) is 35.9 Å². The van der Waals surface area contributed by atoms with E-state index >= 15 is 0 Å². The van der Waals surface area contributed by atoms with Gasteiger partial charge in [0.2, 0.25) is 5.91 Å². The van der Waals surface area contributed by atoms with E-state index in [0.29, 0.717) is 6.54 Å². The quantitative estimate of drug-likeness (QED) is 0.910. The van der Waals surface area contributed by atoms with E-state index in [1.807, 2.05) is 23.1 Å². The van der Waals surface area contributed by atoms with Gasteiger partial charge in [-0.15, -0.1) is 0 Å². The van der Waals surface area contributed by atoms with Crippen LogP contribution in [0.3, 0.4) is 0 Å². The Bertz CT molecular complexity index is 551. The number of rotatable bonds is 5. The summed E-state index contributed by atoms with van der Waals surface area (Å²) in [7, 11) is 0. The van der Waals surface area contributed by atoms with Gasteiger partial charge in [0.15, 0.2) is 0 Å². The molecule has 1 amide bonds. The Morgan fingerprint density at radius 1 is 1.18 bits per heavy atom. The van der Waals surface area contributed by atoms with E-state index in [4.69, 9.17) is 5.11 Å². The number of hydrogen-bond donors (Lipinski definition) is 1. The molecule has 1 heterocycles. The van der Waals surface area contributed by atoms with Gasteiger partial charge in [0.25, 0.3) is 0 Å². The second-order valence-corrected chi connectivity index (χ2v) is 6.69. The average Bonchev–Trinajstić information content (AvgIpc) is 2.90. The summed E-state index contributed by atoms with van der Waals surface area (Å²) in [5.74, 6) is -0.623. The number of carboxylic acid groups (broad SMARTS) is 1. The van der Waals surface area contributed by atoms with Gasteiger partial charge in [-0.2, -0.15) is 0 Å². The van der Waals surface area contributed by atoms with Gasteiger partial charge in [0, 0.05) is 12.6 Å². The Morgan fingerprint density at radius 2 is 1.91 bits per heavy atom. The Hall–Kier alpha value is -1.84. The predicted octanol–water partition coefficient (Wildman–Crippen LogP) is 2.87. The van der Waals surface area contributed by atoms with Gasteiger partial charge in [-0.3, -0.25) is 9.59 Å². The molecule has 1 atom stereocenters. The number of carbonyl (C=O) groups is 2. The number of amides is 1. The van der Waals surface area contributed by atoms with Crippen molar-refractivity contribution in [3.8, 4) is 0 Å². The third-order valence-corrected chi connectivity index (χ3v) is 5.20. The number of benzene rings is 1. The van der Waals surface area contributed by atoms with Crippen molar-refractivity contribution in [3.63, 3.8) is 0 Å². The summed E-state index contributed by atoms with van der Waals surface area (Å²) in [6.45, 7) is 0.716. The van der Waals surface area contributed by atoms with Crippen molar-refractivity contribution in [2.75, 3.05) is 6.54 Å². The first-order valence-corrected chi connectivity index (χ1v) is 8.17. The summed E-state index contributed by atoms with van der Waals surface area (Å²) in [6.07, 6.45) is 5.55. The summed E-state index contributed by atoms with van der Waals surface area (Å²) in [5.41, 5.74) is 0.909. The summed E-state index contributed by atoms with van der Waals surface area (Å²) in [5, 5.41) is 9.04. The molecule has 0 bridgehead atoms. The molecule has 2 fully saturated rings. The lowest BCUT2D eigenvalue weighted by Gasteiger charge is -2.44. The molecule has 1 aromatic carbocycles. The molecule has 118 valence electrons. The van der Waals surface area contributed by atoms with Gasteiger partial charge in [0.1, 0.15) is 0 Å². The van der Waals surface area contributed by atoms with E-state index < -0.39 is 5.97 Å². The topological polar surface area (TPSA) is 57.6 Å². The van der Waals surface area contributed by atoms with Crippen LogP contribution >= 0.6 is 0 Å². The first-order valence-electron chi connectivity index (χ1n) is 8.17. The van der Waals surface area contributed by atoms with Crippen LogP contribution in [0, 0.1) is 5.41 Å². The minimum atomic E-state index is -0.810. The maximum atomic E-state index is 13.1. The normalized spacial score (nSPS) is 23.1. The van der Waals surface area contributed by atoms with Crippen LogP contribution in [0.2, 0.25) is 0 Å². The fourth-order valence-electron chi connectivity index (χ4n) is 3.88. The minimum absolute atomic E-state index is 0.0765. The Balaban J connectivity index is 1.75. The maximum absolute atomic E-state index is 13.1. The fourth-order valence-corrected chi connectivity index (χ4v) is 3.88. The third kappa shape index (κ3) is 2.87. The van der Waals surface area contributed by atoms with Gasteiger partial charge >= 0.3 is 5.97 Å². The molecule has 3 rings (SSSR count). The maximum Gasteiger partial charge on any atom is 0.305 e. The fraction of sp³-hybridized carbons (Fsp3) is 0.556. The summed E-state index contributed by atoms with van der Waals surface area (Å²) in [4.78, 5) is 25.9. The van der Waals surface area contributed by atoms with E-state index in [1.54, 1.807) is 0 Å². The first-order chi connectivity index (χ1) is 10.6. The van der Waals surface area contributed by atoms with Crippen molar-refractivity contribution < 1.29 is 14.7 Å². The zero-order valence-corrected chi connectivity index (χ0v) is 12.8. The molecule has 1 N–H and O–H groups in total. The molecule has 0 aromatic heterocycles. The number of nitrogens with zero attached hydrogens (tertiary/aromatic N) is 1. The van der Waals surface area contributed by atoms with E-state index in [9.17, 15) is 9.59 Å². The number of aliphatic carboxylic acids is 1. The Morgan fingerprint density at radius 3 is 2.50 bits per heavy atom. The highest BCUT2D eigenvalue weighted by molar-refractivity contribution is 5.85. The van der Waals surface area contributed by atoms with Crippen LogP contribution in [0.5, 0.6) is 0 Å². The van der Waals surface area contributed by atoms with E-state index in [0.717, 1.165) is 38.5 Å². The van der Waals surface area contributed by atoms with Crippen molar-refractivity contribution in [2.45, 2.75) is 51.0 Å². The number of hydrogen-bond acceptors (Lipinski definition) is 2. The van der Waals surface area contributed by atoms with Crippen LogP contribution in [-0.2, 0) is 16.0 Å². The lowest BCUT2D eigenvalue weighted by atomic mass is 9.64. The van der Waals surface area contributed by atoms with E-state index in [1.165, 1.54) is 5.56 Å². The van der Waals surface area contributed by atoms with Gasteiger partial charge in [-0.25, -0.2) is 0 Å². The molecule has 1 saturated carbocycles. The highest BCUT2D eigenvalue weighted by atomic mass is 16.4. The van der Waals surface area contributed by atoms with E-state index in [2.05, 4.69) is 12.1 Å². The van der Waals surface area contributed by atoms with Crippen LogP contribution in [0.15, 0.2) is 30.3 Å². The average molecular weight is 301 g/mol. The minimum Gasteiger partial charge on any atom is -0.481 e. The van der Waals surface area contributed by atoms with Crippen molar-refractivity contribution in [1.82, 2.24) is 4.90 Å². The molecular weight excluding hydrogens is 278 g/mol. The van der Waals surface area contributed by atoms with Gasteiger partial charge in [0.05, 0.1) is 11.8 Å². The molecule has 0 radical (unpaired) electrons. The Labute approximate surface area is 131 Å². The largest absolute Gasteiger partial charge is 0.481 e. The lowest BCUT2D eigenvalue weighted by molar-refractivity contribution is -0.149. The van der Waals surface area contributed by atoms with Gasteiger partial charge in [-0.05, 0) is 37.7 Å². The monoisotopic (exact) mass is 301 g/mol. The highest BCUT2D eigenvalue weighted by Gasteiger charge is 2.48. The standard InChI is InChI=1S/C18H23NO3/c20-16(21)12-15-8-4-11-19(15)17(22)18(9-5-10-18)13-14-6-2-1-3-7-14/h1-3,6-7,15H,4-5,8-13H2,(H,20,21).